The summed E-state index contributed by atoms with van der Waals surface area (Å²) in [6.07, 6.45) is 1.44. The predicted octanol–water partition coefficient (Wildman–Crippen LogP) is 4.65. The molecule has 0 radical (unpaired) electrons. The van der Waals surface area contributed by atoms with Gasteiger partial charge in [0.25, 0.3) is 5.91 Å². The number of hydrogen-bond acceptors (Lipinski definition) is 4. The maximum Gasteiger partial charge on any atom is 0.253 e. The summed E-state index contributed by atoms with van der Waals surface area (Å²) in [5.74, 6) is 0.140. The van der Waals surface area contributed by atoms with Crippen molar-refractivity contribution in [3.8, 4) is 10.4 Å². The molecular formula is C22H22N2O2S2. The predicted molar refractivity (Wildman–Crippen MR) is 115 cm³/mol. The van der Waals surface area contributed by atoms with E-state index in [0.29, 0.717) is 25.2 Å². The third-order valence-electron chi connectivity index (χ3n) is 5.11. The fourth-order valence-corrected chi connectivity index (χ4v) is 4.86. The van der Waals surface area contributed by atoms with E-state index < -0.39 is 0 Å². The van der Waals surface area contributed by atoms with Crippen molar-refractivity contribution in [3.05, 3.63) is 69.7 Å². The van der Waals surface area contributed by atoms with Gasteiger partial charge in [0.05, 0.1) is 6.54 Å². The smallest absolute Gasteiger partial charge is 0.253 e. The number of likely N-dealkylation sites (tertiary alicyclic amines) is 1. The Morgan fingerprint density at radius 3 is 2.32 bits per heavy atom. The molecule has 1 fully saturated rings. The van der Waals surface area contributed by atoms with Gasteiger partial charge in [0.15, 0.2) is 0 Å². The summed E-state index contributed by atoms with van der Waals surface area (Å²) in [6, 6.07) is 15.9. The summed E-state index contributed by atoms with van der Waals surface area (Å²) in [7, 11) is 0. The molecule has 0 atom stereocenters. The summed E-state index contributed by atoms with van der Waals surface area (Å²) in [5.41, 5.74) is 1.84. The van der Waals surface area contributed by atoms with Crippen LogP contribution >= 0.6 is 22.7 Å². The second-order valence-electron chi connectivity index (χ2n) is 6.92. The van der Waals surface area contributed by atoms with Crippen LogP contribution in [0.2, 0.25) is 0 Å². The van der Waals surface area contributed by atoms with E-state index in [1.54, 1.807) is 22.7 Å². The van der Waals surface area contributed by atoms with Crippen LogP contribution in [0.5, 0.6) is 0 Å². The Morgan fingerprint density at radius 1 is 0.964 bits per heavy atom. The lowest BCUT2D eigenvalue weighted by Crippen LogP contribution is -2.42. The molecule has 0 unspecified atom stereocenters. The zero-order valence-electron chi connectivity index (χ0n) is 15.5. The highest BCUT2D eigenvalue weighted by Gasteiger charge is 2.27. The van der Waals surface area contributed by atoms with Gasteiger partial charge < -0.3 is 10.2 Å². The fraction of sp³-hybridized carbons (Fsp3) is 0.273. The first kappa shape index (κ1) is 18.9. The Hall–Kier alpha value is -2.44. The fourth-order valence-electron chi connectivity index (χ4n) is 3.48. The zero-order chi connectivity index (χ0) is 19.3. The van der Waals surface area contributed by atoms with Gasteiger partial charge in [0, 0.05) is 34.3 Å². The van der Waals surface area contributed by atoms with E-state index in [9.17, 15) is 9.59 Å². The van der Waals surface area contributed by atoms with Crippen molar-refractivity contribution >= 4 is 34.5 Å². The molecule has 0 bridgehead atoms. The highest BCUT2D eigenvalue weighted by atomic mass is 32.1. The number of hydrogen-bond donors (Lipinski definition) is 1. The molecule has 1 aromatic carbocycles. The number of nitrogens with zero attached hydrogens (tertiary/aromatic N) is 1. The van der Waals surface area contributed by atoms with E-state index in [2.05, 4.69) is 16.8 Å². The highest BCUT2D eigenvalue weighted by Crippen LogP contribution is 2.25. The van der Waals surface area contributed by atoms with Crippen LogP contribution in [0.1, 0.15) is 28.1 Å². The molecule has 0 spiro atoms. The summed E-state index contributed by atoms with van der Waals surface area (Å²) >= 11 is 3.34. The maximum absolute atomic E-state index is 12.8. The van der Waals surface area contributed by atoms with Gasteiger partial charge in [0.2, 0.25) is 5.91 Å². The second-order valence-corrected chi connectivity index (χ2v) is 8.90. The average Bonchev–Trinajstić information content (AvgIpc) is 3.46. The van der Waals surface area contributed by atoms with E-state index in [1.807, 2.05) is 52.7 Å². The number of carbonyl (C=O) groups is 2. The Balaban J connectivity index is 1.29. The highest BCUT2D eigenvalue weighted by molar-refractivity contribution is 7.13. The minimum Gasteiger partial charge on any atom is -0.351 e. The lowest BCUT2D eigenvalue weighted by Gasteiger charge is -2.31. The normalized spacial score (nSPS) is 14.8. The van der Waals surface area contributed by atoms with Gasteiger partial charge in [-0.25, -0.2) is 0 Å². The molecule has 3 heterocycles. The second kappa shape index (κ2) is 8.71. The topological polar surface area (TPSA) is 49.4 Å². The monoisotopic (exact) mass is 410 g/mol. The third-order valence-corrected chi connectivity index (χ3v) is 6.90. The third kappa shape index (κ3) is 4.34. The van der Waals surface area contributed by atoms with Crippen molar-refractivity contribution in [1.82, 2.24) is 10.2 Å². The van der Waals surface area contributed by atoms with Crippen molar-refractivity contribution in [2.75, 3.05) is 13.1 Å². The van der Waals surface area contributed by atoms with Crippen LogP contribution in [-0.4, -0.2) is 29.8 Å². The Morgan fingerprint density at radius 2 is 1.68 bits per heavy atom. The summed E-state index contributed by atoms with van der Waals surface area (Å²) in [4.78, 5) is 29.4. The molecule has 1 saturated heterocycles. The summed E-state index contributed by atoms with van der Waals surface area (Å²) in [6.45, 7) is 1.84. The zero-order valence-corrected chi connectivity index (χ0v) is 17.1. The van der Waals surface area contributed by atoms with Crippen LogP contribution in [0.3, 0.4) is 0 Å². The molecule has 4 nitrogen and oxygen atoms in total. The standard InChI is InChI=1S/C22H22N2O2S2/c25-21(23-15-19-3-1-13-27-19)17-9-11-24(12-10-17)22(26)18-7-5-16(6-8-18)20-4-2-14-28-20/h1-8,13-14,17H,9-12,15H2,(H,23,25). The lowest BCUT2D eigenvalue weighted by molar-refractivity contribution is -0.126. The van der Waals surface area contributed by atoms with Crippen LogP contribution in [0, 0.1) is 5.92 Å². The van der Waals surface area contributed by atoms with Crippen molar-refractivity contribution in [1.29, 1.82) is 0 Å². The molecule has 2 aromatic heterocycles. The molecule has 144 valence electrons. The van der Waals surface area contributed by atoms with Gasteiger partial charge in [-0.3, -0.25) is 9.59 Å². The van der Waals surface area contributed by atoms with Gasteiger partial charge in [-0.05, 0) is 53.4 Å². The molecule has 3 aromatic rings. The molecule has 1 aliphatic rings. The summed E-state index contributed by atoms with van der Waals surface area (Å²) < 4.78 is 0. The number of rotatable bonds is 5. The van der Waals surface area contributed by atoms with Gasteiger partial charge in [-0.1, -0.05) is 24.3 Å². The average molecular weight is 411 g/mol. The van der Waals surface area contributed by atoms with Crippen LogP contribution in [0.15, 0.2) is 59.3 Å². The minimum absolute atomic E-state index is 0.00906. The molecule has 28 heavy (non-hydrogen) atoms. The van der Waals surface area contributed by atoms with Crippen LogP contribution in [-0.2, 0) is 11.3 Å². The molecule has 6 heteroatoms. The van der Waals surface area contributed by atoms with Gasteiger partial charge in [-0.15, -0.1) is 22.7 Å². The molecule has 4 rings (SSSR count). The van der Waals surface area contributed by atoms with E-state index in [-0.39, 0.29) is 17.7 Å². The quantitative estimate of drug-likeness (QED) is 0.666. The number of benzene rings is 1. The SMILES string of the molecule is O=C(NCc1cccs1)C1CCN(C(=O)c2ccc(-c3cccs3)cc2)CC1. The molecule has 0 aliphatic carbocycles. The molecule has 2 amide bonds. The van der Waals surface area contributed by atoms with Crippen LogP contribution in [0.4, 0.5) is 0 Å². The lowest BCUT2D eigenvalue weighted by atomic mass is 9.95. The number of nitrogens with one attached hydrogen (secondary N) is 1. The number of amides is 2. The summed E-state index contributed by atoms with van der Waals surface area (Å²) in [5, 5.41) is 7.08. The number of carbonyl (C=O) groups excluding carboxylic acids is 2. The van der Waals surface area contributed by atoms with E-state index >= 15 is 0 Å². The Bertz CT molecular complexity index is 910. The first-order valence-electron chi connectivity index (χ1n) is 9.44. The number of thiophene rings is 2. The van der Waals surface area contributed by atoms with Crippen molar-refractivity contribution in [3.63, 3.8) is 0 Å². The van der Waals surface area contributed by atoms with Gasteiger partial charge in [-0.2, -0.15) is 0 Å². The Kier molecular flexibility index (Phi) is 5.88. The van der Waals surface area contributed by atoms with Crippen molar-refractivity contribution < 1.29 is 9.59 Å². The molecule has 0 saturated carbocycles. The van der Waals surface area contributed by atoms with Crippen molar-refractivity contribution in [2.45, 2.75) is 19.4 Å². The Labute approximate surface area is 172 Å². The van der Waals surface area contributed by atoms with Gasteiger partial charge in [0.1, 0.15) is 0 Å². The first-order chi connectivity index (χ1) is 13.7. The van der Waals surface area contributed by atoms with Crippen molar-refractivity contribution in [2.24, 2.45) is 5.92 Å². The first-order valence-corrected chi connectivity index (χ1v) is 11.2. The van der Waals surface area contributed by atoms with E-state index in [4.69, 9.17) is 0 Å². The van der Waals surface area contributed by atoms with E-state index in [1.165, 1.54) is 4.88 Å². The van der Waals surface area contributed by atoms with Crippen LogP contribution < -0.4 is 5.32 Å². The van der Waals surface area contributed by atoms with Gasteiger partial charge >= 0.3 is 0 Å². The van der Waals surface area contributed by atoms with Crippen LogP contribution in [0.25, 0.3) is 10.4 Å². The van der Waals surface area contributed by atoms with E-state index in [0.717, 1.165) is 23.3 Å². The maximum atomic E-state index is 12.8. The molecule has 1 N–H and O–H groups in total. The minimum atomic E-state index is -0.00906. The molecule has 1 aliphatic heterocycles. The largest absolute Gasteiger partial charge is 0.351 e. The number of piperidine rings is 1. The molecular weight excluding hydrogens is 388 g/mol.